The van der Waals surface area contributed by atoms with Crippen LogP contribution in [0.25, 0.3) is 0 Å². The Kier molecular flexibility index (Phi) is 3.41. The lowest BCUT2D eigenvalue weighted by atomic mass is 9.91. The summed E-state index contributed by atoms with van der Waals surface area (Å²) in [6.45, 7) is 0.711. The van der Waals surface area contributed by atoms with Gasteiger partial charge in [0.25, 0.3) is 0 Å². The molecule has 0 radical (unpaired) electrons. The van der Waals surface area contributed by atoms with Crippen LogP contribution in [0, 0.1) is 0 Å². The van der Waals surface area contributed by atoms with E-state index in [1.165, 1.54) is 5.56 Å². The van der Waals surface area contributed by atoms with Gasteiger partial charge in [0.2, 0.25) is 0 Å². The number of alkyl halides is 1. The quantitative estimate of drug-likeness (QED) is 0.800. The summed E-state index contributed by atoms with van der Waals surface area (Å²) in [5.41, 5.74) is 0.781. The molecule has 0 amide bonds. The summed E-state index contributed by atoms with van der Waals surface area (Å²) in [5, 5.41) is 0.696. The van der Waals surface area contributed by atoms with Gasteiger partial charge in [-0.15, -0.1) is 11.6 Å². The molecule has 1 atom stereocenters. The average molecular weight is 329 g/mol. The van der Waals surface area contributed by atoms with Crippen molar-refractivity contribution in [3.8, 4) is 5.75 Å². The van der Waals surface area contributed by atoms with E-state index in [0.717, 1.165) is 25.0 Å². The van der Waals surface area contributed by atoms with Gasteiger partial charge in [0.15, 0.2) is 0 Å². The maximum Gasteiger partial charge on any atom is 0.150 e. The standard InChI is InChI=1S/C15H14Cl2N2O.FH/c16-12-2-1-11-8-15(14(17)3-4-14,20-13(11)7-12)9-19-6-5-18-10-19;/h1-2,5-7,10H,3-4,8-9H2;1H. The fourth-order valence-electron chi connectivity index (χ4n) is 3.04. The molecule has 0 spiro atoms. The van der Waals surface area contributed by atoms with Gasteiger partial charge in [0, 0.05) is 23.8 Å². The van der Waals surface area contributed by atoms with Gasteiger partial charge in [-0.05, 0) is 30.5 Å². The number of fused-ring (bicyclic) bond motifs is 1. The average Bonchev–Trinajstić information content (AvgIpc) is 2.88. The normalized spacial score (nSPS) is 24.9. The number of hydrogen-bond donors (Lipinski definition) is 0. The third-order valence-corrected chi connectivity index (χ3v) is 5.27. The molecular formula is C15H15Cl2FN2O. The molecule has 1 unspecified atom stereocenters. The highest BCUT2D eigenvalue weighted by molar-refractivity contribution is 6.30. The van der Waals surface area contributed by atoms with Crippen LogP contribution < -0.4 is 4.74 Å². The monoisotopic (exact) mass is 328 g/mol. The summed E-state index contributed by atoms with van der Waals surface area (Å²) in [6, 6.07) is 5.83. The topological polar surface area (TPSA) is 27.1 Å². The predicted molar refractivity (Wildman–Crippen MR) is 81.1 cm³/mol. The maximum atomic E-state index is 6.76. The Balaban J connectivity index is 0.00000132. The smallest absolute Gasteiger partial charge is 0.150 e. The molecule has 1 saturated carbocycles. The van der Waals surface area contributed by atoms with E-state index in [1.807, 2.05) is 35.3 Å². The van der Waals surface area contributed by atoms with Crippen LogP contribution in [0.5, 0.6) is 5.75 Å². The SMILES string of the molecule is Clc1ccc2c(c1)OC(Cn1ccnc1)(C1(Cl)CC1)C2.F. The van der Waals surface area contributed by atoms with Gasteiger partial charge in [-0.25, -0.2) is 4.98 Å². The molecule has 4 rings (SSSR count). The fraction of sp³-hybridized carbons (Fsp3) is 0.400. The summed E-state index contributed by atoms with van der Waals surface area (Å²) >= 11 is 12.8. The van der Waals surface area contributed by atoms with Crippen molar-refractivity contribution in [3.05, 3.63) is 47.5 Å². The molecule has 0 N–H and O–H groups in total. The highest BCUT2D eigenvalue weighted by Gasteiger charge is 2.62. The highest BCUT2D eigenvalue weighted by Crippen LogP contribution is 2.57. The molecule has 1 aliphatic heterocycles. The Bertz CT molecular complexity index is 658. The lowest BCUT2D eigenvalue weighted by molar-refractivity contribution is 0.0614. The fourth-order valence-corrected chi connectivity index (χ4v) is 3.47. The van der Waals surface area contributed by atoms with Crippen molar-refractivity contribution in [1.82, 2.24) is 9.55 Å². The number of aromatic nitrogens is 2. The van der Waals surface area contributed by atoms with Crippen LogP contribution in [0.1, 0.15) is 18.4 Å². The minimum absolute atomic E-state index is 0. The molecule has 1 fully saturated rings. The number of rotatable bonds is 3. The number of imidazole rings is 1. The molecule has 0 bridgehead atoms. The molecule has 1 aromatic carbocycles. The summed E-state index contributed by atoms with van der Waals surface area (Å²) in [5.74, 6) is 0.865. The maximum absolute atomic E-state index is 6.76. The van der Waals surface area contributed by atoms with E-state index >= 15 is 0 Å². The van der Waals surface area contributed by atoms with Gasteiger partial charge in [0.1, 0.15) is 11.4 Å². The lowest BCUT2D eigenvalue weighted by Crippen LogP contribution is -2.49. The third kappa shape index (κ3) is 2.30. The van der Waals surface area contributed by atoms with E-state index in [2.05, 4.69) is 4.98 Å². The third-order valence-electron chi connectivity index (χ3n) is 4.31. The van der Waals surface area contributed by atoms with Crippen molar-refractivity contribution < 1.29 is 9.44 Å². The van der Waals surface area contributed by atoms with E-state index in [1.54, 1.807) is 6.20 Å². The van der Waals surface area contributed by atoms with Gasteiger partial charge < -0.3 is 9.30 Å². The molecule has 21 heavy (non-hydrogen) atoms. The molecular weight excluding hydrogens is 314 g/mol. The number of benzene rings is 1. The van der Waals surface area contributed by atoms with Crippen LogP contribution in [0.4, 0.5) is 4.70 Å². The van der Waals surface area contributed by atoms with Crippen molar-refractivity contribution >= 4 is 23.2 Å². The second-order valence-electron chi connectivity index (χ2n) is 5.73. The molecule has 2 aliphatic rings. The van der Waals surface area contributed by atoms with Crippen LogP contribution in [-0.4, -0.2) is 20.0 Å². The summed E-state index contributed by atoms with van der Waals surface area (Å²) in [6.07, 6.45) is 8.34. The van der Waals surface area contributed by atoms with Crippen molar-refractivity contribution in [2.24, 2.45) is 0 Å². The van der Waals surface area contributed by atoms with Crippen molar-refractivity contribution in [2.75, 3.05) is 0 Å². The van der Waals surface area contributed by atoms with Crippen LogP contribution >= 0.6 is 23.2 Å². The Morgan fingerprint density at radius 3 is 2.81 bits per heavy atom. The molecule has 6 heteroatoms. The summed E-state index contributed by atoms with van der Waals surface area (Å²) in [4.78, 5) is 3.83. The van der Waals surface area contributed by atoms with Gasteiger partial charge in [-0.2, -0.15) is 0 Å². The van der Waals surface area contributed by atoms with Gasteiger partial charge in [0.05, 0.1) is 17.7 Å². The Morgan fingerprint density at radius 1 is 1.33 bits per heavy atom. The first-order chi connectivity index (χ1) is 9.60. The van der Waals surface area contributed by atoms with Gasteiger partial charge >= 0.3 is 0 Å². The predicted octanol–water partition coefficient (Wildman–Crippen LogP) is 3.83. The number of halogens is 3. The minimum atomic E-state index is -0.401. The molecule has 2 heterocycles. The van der Waals surface area contributed by atoms with Crippen molar-refractivity contribution in [1.29, 1.82) is 0 Å². The Labute approximate surface area is 132 Å². The minimum Gasteiger partial charge on any atom is -0.483 e. The molecule has 112 valence electrons. The Morgan fingerprint density at radius 2 is 2.14 bits per heavy atom. The summed E-state index contributed by atoms with van der Waals surface area (Å²) in [7, 11) is 0. The second kappa shape index (κ2) is 4.89. The van der Waals surface area contributed by atoms with Gasteiger partial charge in [-0.1, -0.05) is 17.7 Å². The molecule has 2 aromatic rings. The van der Waals surface area contributed by atoms with E-state index in [4.69, 9.17) is 27.9 Å². The van der Waals surface area contributed by atoms with Crippen molar-refractivity contribution in [2.45, 2.75) is 36.3 Å². The number of nitrogens with zero attached hydrogens (tertiary/aromatic N) is 2. The lowest BCUT2D eigenvalue weighted by Gasteiger charge is -2.34. The van der Waals surface area contributed by atoms with E-state index < -0.39 is 5.60 Å². The first kappa shape index (κ1) is 14.7. The summed E-state index contributed by atoms with van der Waals surface area (Å²) < 4.78 is 8.35. The zero-order chi connectivity index (χ0) is 13.8. The van der Waals surface area contributed by atoms with E-state index in [0.29, 0.717) is 11.6 Å². The zero-order valence-electron chi connectivity index (χ0n) is 11.3. The van der Waals surface area contributed by atoms with Crippen LogP contribution in [-0.2, 0) is 13.0 Å². The first-order valence-electron chi connectivity index (χ1n) is 6.72. The molecule has 3 nitrogen and oxygen atoms in total. The second-order valence-corrected chi connectivity index (χ2v) is 6.89. The first-order valence-corrected chi connectivity index (χ1v) is 7.48. The number of ether oxygens (including phenoxy) is 1. The molecule has 1 aliphatic carbocycles. The van der Waals surface area contributed by atoms with Crippen molar-refractivity contribution in [3.63, 3.8) is 0 Å². The largest absolute Gasteiger partial charge is 0.483 e. The van der Waals surface area contributed by atoms with Gasteiger partial charge in [-0.3, -0.25) is 4.70 Å². The molecule has 0 saturated heterocycles. The van der Waals surface area contributed by atoms with Crippen LogP contribution in [0.3, 0.4) is 0 Å². The van der Waals surface area contributed by atoms with E-state index in [9.17, 15) is 0 Å². The zero-order valence-corrected chi connectivity index (χ0v) is 12.8. The molecule has 1 aromatic heterocycles. The number of hydrogen-bond acceptors (Lipinski definition) is 2. The highest BCUT2D eigenvalue weighted by atomic mass is 35.5. The van der Waals surface area contributed by atoms with Crippen LogP contribution in [0.15, 0.2) is 36.9 Å². The van der Waals surface area contributed by atoms with E-state index in [-0.39, 0.29) is 9.58 Å². The Hall–Kier alpha value is -1.26. The van der Waals surface area contributed by atoms with Crippen LogP contribution in [0.2, 0.25) is 5.02 Å².